The van der Waals surface area contributed by atoms with E-state index < -0.39 is 24.1 Å². The van der Waals surface area contributed by atoms with Gasteiger partial charge in [-0.1, -0.05) is 0 Å². The molecule has 0 aliphatic carbocycles. The fourth-order valence-electron chi connectivity index (χ4n) is 0.432. The smallest absolute Gasteiger partial charge is 0.292 e. The summed E-state index contributed by atoms with van der Waals surface area (Å²) in [6.45, 7) is 2.19. The fraction of sp³-hybridized carbons (Fsp3) is 0.600. The third-order valence-electron chi connectivity index (χ3n) is 1.05. The molecule has 0 aliphatic heterocycles. The average Bonchev–Trinajstić information content (AvgIpc) is 1.80. The van der Waals surface area contributed by atoms with Crippen LogP contribution < -0.4 is 5.32 Å². The van der Waals surface area contributed by atoms with Crippen LogP contribution in [0.5, 0.6) is 0 Å². The molecule has 0 unspecified atom stereocenters. The third-order valence-corrected chi connectivity index (χ3v) is 1.05. The highest BCUT2D eigenvalue weighted by molar-refractivity contribution is 5.80. The van der Waals surface area contributed by atoms with Gasteiger partial charge in [-0.05, 0) is 0 Å². The molecule has 0 aromatic carbocycles. The summed E-state index contributed by atoms with van der Waals surface area (Å²) in [6.07, 6.45) is -6.46. The summed E-state index contributed by atoms with van der Waals surface area (Å²) < 4.78 is 82.2. The first kappa shape index (κ1) is 13.0. The summed E-state index contributed by atoms with van der Waals surface area (Å²) in [4.78, 5) is 9.83. The zero-order valence-corrected chi connectivity index (χ0v) is 6.26. The van der Waals surface area contributed by atoms with Crippen LogP contribution in [0.4, 0.5) is 30.7 Å². The van der Waals surface area contributed by atoms with Gasteiger partial charge < -0.3 is 0 Å². The van der Waals surface area contributed by atoms with Crippen molar-refractivity contribution in [2.75, 3.05) is 0 Å². The van der Waals surface area contributed by atoms with Gasteiger partial charge in [0.25, 0.3) is 0 Å². The van der Waals surface area contributed by atoms with E-state index in [4.69, 9.17) is 0 Å². The van der Waals surface area contributed by atoms with Crippen LogP contribution in [0, 0.1) is 6.92 Å². The molecule has 83 valence electrons. The minimum atomic E-state index is -6.46. The van der Waals surface area contributed by atoms with Gasteiger partial charge in [0.15, 0.2) is 0 Å². The van der Waals surface area contributed by atoms with E-state index in [1.165, 1.54) is 0 Å². The molecule has 0 aliphatic rings. The highest BCUT2D eigenvalue weighted by Gasteiger charge is 2.73. The molecule has 0 heterocycles. The lowest BCUT2D eigenvalue weighted by Crippen LogP contribution is -2.60. The Balaban J connectivity index is 4.97. The molecule has 14 heavy (non-hydrogen) atoms. The van der Waals surface area contributed by atoms with E-state index in [2.05, 4.69) is 6.92 Å². The van der Waals surface area contributed by atoms with Crippen molar-refractivity contribution in [2.24, 2.45) is 0 Å². The molecular formula is C5H3F7NO. The van der Waals surface area contributed by atoms with Gasteiger partial charge in [0.2, 0.25) is 5.91 Å². The summed E-state index contributed by atoms with van der Waals surface area (Å²) >= 11 is 0. The maximum Gasteiger partial charge on any atom is 0.462 e. The monoisotopic (exact) mass is 226 g/mol. The SMILES string of the molecule is [CH2]C(=O)NC(F)(F)C(F)(F)C(F)(F)F. The molecule has 1 amide bonds. The van der Waals surface area contributed by atoms with E-state index in [-0.39, 0.29) is 5.32 Å². The maximum atomic E-state index is 12.1. The molecule has 0 aromatic rings. The van der Waals surface area contributed by atoms with Crippen LogP contribution in [0.15, 0.2) is 0 Å². The van der Waals surface area contributed by atoms with Crippen LogP contribution in [-0.4, -0.2) is 24.1 Å². The van der Waals surface area contributed by atoms with Gasteiger partial charge in [0, 0.05) is 6.92 Å². The second-order valence-corrected chi connectivity index (χ2v) is 2.19. The number of amides is 1. The number of carbonyl (C=O) groups is 1. The number of halogens is 7. The van der Waals surface area contributed by atoms with Gasteiger partial charge in [-0.2, -0.15) is 30.7 Å². The first-order valence-corrected chi connectivity index (χ1v) is 2.88. The van der Waals surface area contributed by atoms with Crippen LogP contribution in [0.3, 0.4) is 0 Å². The summed E-state index contributed by atoms with van der Waals surface area (Å²) in [5.41, 5.74) is 0. The highest BCUT2D eigenvalue weighted by Crippen LogP contribution is 2.44. The Hall–Kier alpha value is -1.02. The number of hydrogen-bond donors (Lipinski definition) is 1. The third kappa shape index (κ3) is 2.26. The van der Waals surface area contributed by atoms with Crippen molar-refractivity contribution in [3.63, 3.8) is 0 Å². The second-order valence-electron chi connectivity index (χ2n) is 2.19. The minimum absolute atomic E-state index is 0.113. The Kier molecular flexibility index (Phi) is 3.04. The van der Waals surface area contributed by atoms with Crippen molar-refractivity contribution < 1.29 is 35.5 Å². The molecule has 0 saturated heterocycles. The number of nitrogens with one attached hydrogen (secondary N) is 1. The van der Waals surface area contributed by atoms with E-state index in [0.717, 1.165) is 0 Å². The molecule has 0 bridgehead atoms. The Labute approximate surface area is 73.1 Å². The van der Waals surface area contributed by atoms with Crippen molar-refractivity contribution >= 4 is 5.91 Å². The first-order chi connectivity index (χ1) is 5.92. The van der Waals surface area contributed by atoms with Gasteiger partial charge in [-0.25, -0.2) is 0 Å². The first-order valence-electron chi connectivity index (χ1n) is 2.88. The van der Waals surface area contributed by atoms with Crippen LogP contribution in [0.25, 0.3) is 0 Å². The van der Waals surface area contributed by atoms with Crippen LogP contribution in [-0.2, 0) is 4.79 Å². The van der Waals surface area contributed by atoms with Crippen molar-refractivity contribution in [2.45, 2.75) is 18.1 Å². The number of alkyl halides is 7. The predicted molar refractivity (Wildman–Crippen MR) is 29.4 cm³/mol. The van der Waals surface area contributed by atoms with Crippen LogP contribution >= 0.6 is 0 Å². The lowest BCUT2D eigenvalue weighted by molar-refractivity contribution is -0.359. The van der Waals surface area contributed by atoms with Gasteiger partial charge in [-0.15, -0.1) is 0 Å². The van der Waals surface area contributed by atoms with Gasteiger partial charge in [-0.3, -0.25) is 10.1 Å². The topological polar surface area (TPSA) is 29.1 Å². The Morgan fingerprint density at radius 2 is 1.36 bits per heavy atom. The molecule has 1 radical (unpaired) electrons. The van der Waals surface area contributed by atoms with Crippen molar-refractivity contribution in [1.29, 1.82) is 0 Å². The molecule has 0 saturated carbocycles. The molecule has 0 fully saturated rings. The Morgan fingerprint density at radius 1 is 1.00 bits per heavy atom. The second kappa shape index (κ2) is 3.28. The molecule has 0 atom stereocenters. The molecule has 2 nitrogen and oxygen atoms in total. The Bertz CT molecular complexity index is 233. The normalized spacial score (nSPS) is 14.0. The summed E-state index contributed by atoms with van der Waals surface area (Å²) in [5.74, 6) is -8.29. The van der Waals surface area contributed by atoms with Gasteiger partial charge >= 0.3 is 18.1 Å². The summed E-state index contributed by atoms with van der Waals surface area (Å²) in [6, 6.07) is -5.72. The lowest BCUT2D eigenvalue weighted by Gasteiger charge is -2.27. The quantitative estimate of drug-likeness (QED) is 0.563. The van der Waals surface area contributed by atoms with Crippen molar-refractivity contribution in [3.8, 4) is 0 Å². The maximum absolute atomic E-state index is 12.1. The molecule has 9 heteroatoms. The standard InChI is InChI=1S/C5H3F7NO/c1-2(14)13-5(11,12)3(6,7)4(8,9)10/h1H2,(H,13,14). The highest BCUT2D eigenvalue weighted by atomic mass is 19.4. The molecule has 0 aromatic heterocycles. The van der Waals surface area contributed by atoms with E-state index >= 15 is 0 Å². The molecule has 0 spiro atoms. The van der Waals surface area contributed by atoms with E-state index in [9.17, 15) is 35.5 Å². The predicted octanol–water partition coefficient (Wildman–Crippen LogP) is 1.73. The van der Waals surface area contributed by atoms with E-state index in [1.807, 2.05) is 0 Å². The fourth-order valence-corrected chi connectivity index (χ4v) is 0.432. The van der Waals surface area contributed by atoms with E-state index in [1.54, 1.807) is 0 Å². The van der Waals surface area contributed by atoms with Crippen LogP contribution in [0.2, 0.25) is 0 Å². The van der Waals surface area contributed by atoms with Gasteiger partial charge in [0.1, 0.15) is 0 Å². The summed E-state index contributed by atoms with van der Waals surface area (Å²) in [5, 5.41) is 0.113. The zero-order valence-electron chi connectivity index (χ0n) is 6.26. The largest absolute Gasteiger partial charge is 0.462 e. The number of rotatable bonds is 2. The summed E-state index contributed by atoms with van der Waals surface area (Å²) in [7, 11) is 0. The molecular weight excluding hydrogens is 223 g/mol. The molecule has 0 rings (SSSR count). The molecule has 1 N–H and O–H groups in total. The minimum Gasteiger partial charge on any atom is -0.292 e. The zero-order chi connectivity index (χ0) is 11.8. The van der Waals surface area contributed by atoms with Crippen molar-refractivity contribution in [3.05, 3.63) is 6.92 Å². The lowest BCUT2D eigenvalue weighted by atomic mass is 10.2. The average molecular weight is 226 g/mol. The van der Waals surface area contributed by atoms with E-state index in [0.29, 0.717) is 0 Å². The van der Waals surface area contributed by atoms with Crippen LogP contribution in [0.1, 0.15) is 0 Å². The number of hydrogen-bond acceptors (Lipinski definition) is 1. The number of carbonyl (C=O) groups excluding carboxylic acids is 1. The van der Waals surface area contributed by atoms with Gasteiger partial charge in [0.05, 0.1) is 0 Å². The Morgan fingerprint density at radius 3 is 1.57 bits per heavy atom. The van der Waals surface area contributed by atoms with Crippen molar-refractivity contribution in [1.82, 2.24) is 5.32 Å².